The number of nitro groups is 1. The lowest BCUT2D eigenvalue weighted by molar-refractivity contribution is -0.384. The Hall–Kier alpha value is -2.48. The first-order valence-corrected chi connectivity index (χ1v) is 11.6. The Morgan fingerprint density at radius 2 is 1.71 bits per heavy atom. The van der Waals surface area contributed by atoms with Crippen molar-refractivity contribution in [3.8, 4) is 0 Å². The summed E-state index contributed by atoms with van der Waals surface area (Å²) in [5.74, 6) is 0.845. The van der Waals surface area contributed by atoms with Crippen LogP contribution >= 0.6 is 0 Å². The van der Waals surface area contributed by atoms with Gasteiger partial charge in [-0.2, -0.15) is 0 Å². The average Bonchev–Trinajstić information content (AvgIpc) is 2.79. The van der Waals surface area contributed by atoms with Gasteiger partial charge in [0.25, 0.3) is 5.69 Å². The molecule has 1 saturated carbocycles. The van der Waals surface area contributed by atoms with E-state index in [-0.39, 0.29) is 17.5 Å². The summed E-state index contributed by atoms with van der Waals surface area (Å²) in [5.41, 5.74) is 1.73. The molecule has 0 aromatic heterocycles. The lowest BCUT2D eigenvalue weighted by Crippen LogP contribution is -2.52. The molecule has 168 valence electrons. The standard InChI is InChI=1S/C23H32N4O4/c28-22(15-18-5-2-1-3-6-18)25-13-11-24(12-14-25)17-23(29)26-10-4-7-19-16-20(27(30)31)8-9-21(19)26/h8-9,16,18H,1-7,10-15,17H2. The van der Waals surface area contributed by atoms with Crippen molar-refractivity contribution in [3.05, 3.63) is 33.9 Å². The third kappa shape index (κ3) is 5.23. The van der Waals surface area contributed by atoms with E-state index in [0.29, 0.717) is 51.6 Å². The van der Waals surface area contributed by atoms with Crippen LogP contribution in [-0.2, 0) is 16.0 Å². The molecule has 0 bridgehead atoms. The number of fused-ring (bicyclic) bond motifs is 1. The van der Waals surface area contributed by atoms with Crippen molar-refractivity contribution in [1.29, 1.82) is 0 Å². The Labute approximate surface area is 183 Å². The summed E-state index contributed by atoms with van der Waals surface area (Å²) in [6.45, 7) is 3.75. The maximum absolute atomic E-state index is 13.0. The minimum absolute atomic E-state index is 0.0248. The van der Waals surface area contributed by atoms with Gasteiger partial charge in [-0.1, -0.05) is 19.3 Å². The Morgan fingerprint density at radius 1 is 0.968 bits per heavy atom. The molecule has 1 saturated heterocycles. The molecule has 31 heavy (non-hydrogen) atoms. The number of carbonyl (C=O) groups is 2. The molecule has 0 unspecified atom stereocenters. The van der Waals surface area contributed by atoms with Crippen LogP contribution in [0, 0.1) is 16.0 Å². The van der Waals surface area contributed by atoms with Crippen LogP contribution in [0.4, 0.5) is 11.4 Å². The number of non-ortho nitro benzene ring substituents is 1. The van der Waals surface area contributed by atoms with Gasteiger partial charge in [0.15, 0.2) is 0 Å². The molecule has 0 spiro atoms. The molecule has 1 aromatic rings. The average molecular weight is 429 g/mol. The summed E-state index contributed by atoms with van der Waals surface area (Å²) in [6.07, 6.45) is 8.40. The van der Waals surface area contributed by atoms with Gasteiger partial charge in [0.2, 0.25) is 11.8 Å². The van der Waals surface area contributed by atoms with Crippen molar-refractivity contribution < 1.29 is 14.5 Å². The number of hydrogen-bond acceptors (Lipinski definition) is 5. The van der Waals surface area contributed by atoms with Gasteiger partial charge in [0, 0.05) is 57.0 Å². The van der Waals surface area contributed by atoms with E-state index in [0.717, 1.165) is 24.1 Å². The van der Waals surface area contributed by atoms with Gasteiger partial charge < -0.3 is 9.80 Å². The summed E-state index contributed by atoms with van der Waals surface area (Å²) in [5, 5.41) is 11.0. The topological polar surface area (TPSA) is 87.0 Å². The van der Waals surface area contributed by atoms with E-state index in [1.165, 1.54) is 38.2 Å². The molecule has 8 heteroatoms. The molecule has 4 rings (SSSR count). The van der Waals surface area contributed by atoms with Crippen LogP contribution in [0.5, 0.6) is 0 Å². The van der Waals surface area contributed by atoms with Crippen LogP contribution in [0.15, 0.2) is 18.2 Å². The lowest BCUT2D eigenvalue weighted by Gasteiger charge is -2.37. The third-order valence-corrected chi connectivity index (χ3v) is 6.97. The second-order valence-corrected chi connectivity index (χ2v) is 9.08. The Bertz CT molecular complexity index is 829. The maximum Gasteiger partial charge on any atom is 0.269 e. The molecule has 0 atom stereocenters. The second-order valence-electron chi connectivity index (χ2n) is 9.08. The van der Waals surface area contributed by atoms with Crippen LogP contribution in [0.3, 0.4) is 0 Å². The number of nitrogens with zero attached hydrogens (tertiary/aromatic N) is 4. The van der Waals surface area contributed by atoms with Gasteiger partial charge in [-0.05, 0) is 43.2 Å². The number of carbonyl (C=O) groups excluding carboxylic acids is 2. The van der Waals surface area contributed by atoms with Crippen molar-refractivity contribution >= 4 is 23.2 Å². The summed E-state index contributed by atoms with van der Waals surface area (Å²) in [6, 6.07) is 4.76. The van der Waals surface area contributed by atoms with E-state index in [9.17, 15) is 19.7 Å². The fourth-order valence-electron chi connectivity index (χ4n) is 5.16. The number of anilines is 1. The van der Waals surface area contributed by atoms with Gasteiger partial charge in [0.1, 0.15) is 0 Å². The van der Waals surface area contributed by atoms with Crippen molar-refractivity contribution in [1.82, 2.24) is 9.80 Å². The highest BCUT2D eigenvalue weighted by atomic mass is 16.6. The van der Waals surface area contributed by atoms with Crippen molar-refractivity contribution in [2.45, 2.75) is 51.4 Å². The predicted molar refractivity (Wildman–Crippen MR) is 118 cm³/mol. The van der Waals surface area contributed by atoms with E-state index in [4.69, 9.17) is 0 Å². The number of piperazine rings is 1. The summed E-state index contributed by atoms with van der Waals surface area (Å²) in [7, 11) is 0. The molecular weight excluding hydrogens is 396 g/mol. The number of amides is 2. The first kappa shape index (κ1) is 21.7. The fourth-order valence-corrected chi connectivity index (χ4v) is 5.16. The summed E-state index contributed by atoms with van der Waals surface area (Å²) < 4.78 is 0. The normalized spacial score (nSPS) is 20.4. The third-order valence-electron chi connectivity index (χ3n) is 6.97. The number of aryl methyl sites for hydroxylation is 1. The Balaban J connectivity index is 1.29. The van der Waals surface area contributed by atoms with E-state index in [1.807, 2.05) is 4.90 Å². The van der Waals surface area contributed by atoms with E-state index < -0.39 is 4.92 Å². The first-order chi connectivity index (χ1) is 15.0. The molecule has 3 aliphatic rings. The Kier molecular flexibility index (Phi) is 6.85. The highest BCUT2D eigenvalue weighted by Crippen LogP contribution is 2.31. The smallest absolute Gasteiger partial charge is 0.269 e. The molecule has 2 heterocycles. The molecule has 0 N–H and O–H groups in total. The molecule has 0 radical (unpaired) electrons. The van der Waals surface area contributed by atoms with Crippen molar-refractivity contribution in [3.63, 3.8) is 0 Å². The SMILES string of the molecule is O=C(CC1CCCCC1)N1CCN(CC(=O)N2CCCc3cc([N+](=O)[O-])ccc32)CC1. The zero-order valence-corrected chi connectivity index (χ0v) is 18.1. The molecule has 2 amide bonds. The van der Waals surface area contributed by atoms with Gasteiger partial charge in [0.05, 0.1) is 11.5 Å². The van der Waals surface area contributed by atoms with E-state index in [1.54, 1.807) is 17.0 Å². The van der Waals surface area contributed by atoms with Crippen LogP contribution in [0.2, 0.25) is 0 Å². The van der Waals surface area contributed by atoms with Crippen LogP contribution in [0.1, 0.15) is 50.5 Å². The molecular formula is C23H32N4O4. The monoisotopic (exact) mass is 428 g/mol. The quantitative estimate of drug-likeness (QED) is 0.532. The van der Waals surface area contributed by atoms with Crippen molar-refractivity contribution in [2.24, 2.45) is 5.92 Å². The highest BCUT2D eigenvalue weighted by molar-refractivity contribution is 5.96. The highest BCUT2D eigenvalue weighted by Gasteiger charge is 2.28. The largest absolute Gasteiger partial charge is 0.340 e. The summed E-state index contributed by atoms with van der Waals surface area (Å²) in [4.78, 5) is 42.1. The van der Waals surface area contributed by atoms with Crippen LogP contribution in [-0.4, -0.2) is 65.8 Å². The van der Waals surface area contributed by atoms with Gasteiger partial charge in [-0.15, -0.1) is 0 Å². The maximum atomic E-state index is 13.0. The molecule has 2 aliphatic heterocycles. The number of benzene rings is 1. The second kappa shape index (κ2) is 9.77. The van der Waals surface area contributed by atoms with Gasteiger partial charge >= 0.3 is 0 Å². The molecule has 1 aromatic carbocycles. The van der Waals surface area contributed by atoms with E-state index >= 15 is 0 Å². The summed E-state index contributed by atoms with van der Waals surface area (Å²) >= 11 is 0. The Morgan fingerprint density at radius 3 is 2.42 bits per heavy atom. The van der Waals surface area contributed by atoms with Gasteiger partial charge in [-0.3, -0.25) is 24.6 Å². The number of nitro benzene ring substituents is 1. The first-order valence-electron chi connectivity index (χ1n) is 11.6. The number of rotatable bonds is 5. The van der Waals surface area contributed by atoms with Gasteiger partial charge in [-0.25, -0.2) is 0 Å². The van der Waals surface area contributed by atoms with E-state index in [2.05, 4.69) is 4.90 Å². The van der Waals surface area contributed by atoms with Crippen LogP contribution in [0.25, 0.3) is 0 Å². The number of hydrogen-bond donors (Lipinski definition) is 0. The van der Waals surface area contributed by atoms with Crippen molar-refractivity contribution in [2.75, 3.05) is 44.2 Å². The van der Waals surface area contributed by atoms with Crippen LogP contribution < -0.4 is 4.90 Å². The molecule has 8 nitrogen and oxygen atoms in total. The molecule has 1 aliphatic carbocycles. The lowest BCUT2D eigenvalue weighted by atomic mass is 9.86. The molecule has 2 fully saturated rings. The fraction of sp³-hybridized carbons (Fsp3) is 0.652. The zero-order chi connectivity index (χ0) is 21.8. The minimum atomic E-state index is -0.393. The minimum Gasteiger partial charge on any atom is -0.340 e. The predicted octanol–water partition coefficient (Wildman–Crippen LogP) is 2.99. The zero-order valence-electron chi connectivity index (χ0n) is 18.1.